The first-order chi connectivity index (χ1) is 15.1. The number of hydrogen-bond acceptors (Lipinski definition) is 6. The molecule has 0 aliphatic rings. The van der Waals surface area contributed by atoms with Gasteiger partial charge in [-0.25, -0.2) is 4.98 Å². The fourth-order valence-corrected chi connectivity index (χ4v) is 3.78. The molecule has 4 N–H and O–H groups in total. The first-order valence-corrected chi connectivity index (χ1v) is 10.5. The van der Waals surface area contributed by atoms with Gasteiger partial charge in [0.05, 0.1) is 10.2 Å². The molecular formula is C23H20N4O3S. The average Bonchev–Trinajstić information content (AvgIpc) is 3.20. The Morgan fingerprint density at radius 2 is 1.52 bits per heavy atom. The van der Waals surface area contributed by atoms with E-state index in [1.165, 1.54) is 0 Å². The van der Waals surface area contributed by atoms with Crippen molar-refractivity contribution in [1.82, 2.24) is 10.3 Å². The van der Waals surface area contributed by atoms with E-state index in [0.717, 1.165) is 15.3 Å². The first kappa shape index (κ1) is 20.4. The van der Waals surface area contributed by atoms with Crippen molar-refractivity contribution in [1.29, 1.82) is 0 Å². The standard InChI is InChI=1S/C23H20N4O3S/c24-21(28)15-5-9-17(10-6-15)30-18-11-7-16(8-12-18)22(29)25-13-14-26-23-27-19-3-1-2-4-20(19)31-23/h1-12H,13-14H2,(H2,24,28)(H,25,29)(H,26,27). The summed E-state index contributed by atoms with van der Waals surface area (Å²) >= 11 is 1.59. The second-order valence-corrected chi connectivity index (χ2v) is 7.72. The van der Waals surface area contributed by atoms with Gasteiger partial charge in [-0.3, -0.25) is 9.59 Å². The Balaban J connectivity index is 1.25. The summed E-state index contributed by atoms with van der Waals surface area (Å²) in [6, 6.07) is 21.3. The lowest BCUT2D eigenvalue weighted by atomic mass is 10.2. The van der Waals surface area contributed by atoms with Gasteiger partial charge < -0.3 is 21.1 Å². The van der Waals surface area contributed by atoms with Crippen molar-refractivity contribution < 1.29 is 14.3 Å². The van der Waals surface area contributed by atoms with Crippen molar-refractivity contribution in [2.75, 3.05) is 18.4 Å². The number of nitrogens with two attached hydrogens (primary N) is 1. The van der Waals surface area contributed by atoms with E-state index in [1.54, 1.807) is 59.9 Å². The third-order valence-electron chi connectivity index (χ3n) is 4.47. The second kappa shape index (κ2) is 9.27. The number of para-hydroxylation sites is 1. The smallest absolute Gasteiger partial charge is 0.251 e. The van der Waals surface area contributed by atoms with E-state index in [2.05, 4.69) is 15.6 Å². The summed E-state index contributed by atoms with van der Waals surface area (Å²) in [7, 11) is 0. The summed E-state index contributed by atoms with van der Waals surface area (Å²) in [5.41, 5.74) is 7.14. The van der Waals surface area contributed by atoms with Gasteiger partial charge in [-0.1, -0.05) is 23.5 Å². The zero-order valence-electron chi connectivity index (χ0n) is 16.5. The zero-order chi connectivity index (χ0) is 21.6. The molecule has 0 bridgehead atoms. The molecular weight excluding hydrogens is 412 g/mol. The molecule has 2 amide bonds. The largest absolute Gasteiger partial charge is 0.457 e. The maximum absolute atomic E-state index is 12.3. The molecule has 7 nitrogen and oxygen atoms in total. The van der Waals surface area contributed by atoms with Crippen LogP contribution in [0.1, 0.15) is 20.7 Å². The molecule has 0 atom stereocenters. The molecule has 0 spiro atoms. The van der Waals surface area contributed by atoms with Crippen LogP contribution in [-0.4, -0.2) is 29.9 Å². The predicted molar refractivity (Wildman–Crippen MR) is 122 cm³/mol. The van der Waals surface area contributed by atoms with Crippen LogP contribution < -0.4 is 21.1 Å². The summed E-state index contributed by atoms with van der Waals surface area (Å²) in [6.45, 7) is 1.05. The maximum Gasteiger partial charge on any atom is 0.251 e. The van der Waals surface area contributed by atoms with Gasteiger partial charge in [0.15, 0.2) is 5.13 Å². The van der Waals surface area contributed by atoms with Gasteiger partial charge in [0.25, 0.3) is 5.91 Å². The Bertz CT molecular complexity index is 1170. The Labute approximate surface area is 182 Å². The number of ether oxygens (including phenoxy) is 1. The number of nitrogens with zero attached hydrogens (tertiary/aromatic N) is 1. The van der Waals surface area contributed by atoms with Crippen molar-refractivity contribution >= 4 is 38.5 Å². The van der Waals surface area contributed by atoms with E-state index in [4.69, 9.17) is 10.5 Å². The highest BCUT2D eigenvalue weighted by Gasteiger charge is 2.07. The van der Waals surface area contributed by atoms with Gasteiger partial charge in [-0.15, -0.1) is 0 Å². The van der Waals surface area contributed by atoms with Crippen LogP contribution in [0.2, 0.25) is 0 Å². The molecule has 4 rings (SSSR count). The number of rotatable bonds is 8. The number of benzene rings is 3. The summed E-state index contributed by atoms with van der Waals surface area (Å²) < 4.78 is 6.85. The van der Waals surface area contributed by atoms with Crippen molar-refractivity contribution in [3.63, 3.8) is 0 Å². The highest BCUT2D eigenvalue weighted by Crippen LogP contribution is 2.25. The highest BCUT2D eigenvalue weighted by molar-refractivity contribution is 7.22. The summed E-state index contributed by atoms with van der Waals surface area (Å²) in [5, 5.41) is 6.95. The molecule has 0 unspecified atom stereocenters. The fraction of sp³-hybridized carbons (Fsp3) is 0.0870. The van der Waals surface area contributed by atoms with Crippen LogP contribution >= 0.6 is 11.3 Å². The number of primary amides is 1. The van der Waals surface area contributed by atoms with E-state index in [-0.39, 0.29) is 5.91 Å². The number of carbonyl (C=O) groups excluding carboxylic acids is 2. The number of hydrogen-bond donors (Lipinski definition) is 3. The van der Waals surface area contributed by atoms with Gasteiger partial charge in [0.2, 0.25) is 5.91 Å². The minimum Gasteiger partial charge on any atom is -0.457 e. The predicted octanol–water partition coefficient (Wildman–Crippen LogP) is 4.03. The fourth-order valence-electron chi connectivity index (χ4n) is 2.89. The number of fused-ring (bicyclic) bond motifs is 1. The molecule has 0 saturated heterocycles. The lowest BCUT2D eigenvalue weighted by Crippen LogP contribution is -2.28. The molecule has 1 aromatic heterocycles. The van der Waals surface area contributed by atoms with Crippen LogP contribution in [0.25, 0.3) is 10.2 Å². The molecule has 3 aromatic carbocycles. The summed E-state index contributed by atoms with van der Waals surface area (Å²) in [5.74, 6) is 0.504. The van der Waals surface area contributed by atoms with E-state index in [9.17, 15) is 9.59 Å². The lowest BCUT2D eigenvalue weighted by molar-refractivity contribution is 0.0953. The number of aromatic nitrogens is 1. The Morgan fingerprint density at radius 3 is 2.16 bits per heavy atom. The monoisotopic (exact) mass is 432 g/mol. The van der Waals surface area contributed by atoms with Crippen molar-refractivity contribution in [3.8, 4) is 11.5 Å². The van der Waals surface area contributed by atoms with Crippen LogP contribution in [0, 0.1) is 0 Å². The summed E-state index contributed by atoms with van der Waals surface area (Å²) in [6.07, 6.45) is 0. The van der Waals surface area contributed by atoms with E-state index in [1.807, 2.05) is 24.3 Å². The minimum atomic E-state index is -0.489. The topological polar surface area (TPSA) is 106 Å². The van der Waals surface area contributed by atoms with Gasteiger partial charge >= 0.3 is 0 Å². The van der Waals surface area contributed by atoms with Crippen LogP contribution in [-0.2, 0) is 0 Å². The molecule has 0 aliphatic heterocycles. The number of anilines is 1. The second-order valence-electron chi connectivity index (χ2n) is 6.68. The third-order valence-corrected chi connectivity index (χ3v) is 5.47. The summed E-state index contributed by atoms with van der Waals surface area (Å²) in [4.78, 5) is 27.9. The van der Waals surface area contributed by atoms with Crippen LogP contribution in [0.15, 0.2) is 72.8 Å². The lowest BCUT2D eigenvalue weighted by Gasteiger charge is -2.08. The number of amides is 2. The van der Waals surface area contributed by atoms with Gasteiger partial charge in [0, 0.05) is 24.2 Å². The number of nitrogens with one attached hydrogen (secondary N) is 2. The van der Waals surface area contributed by atoms with E-state index in [0.29, 0.717) is 35.7 Å². The zero-order valence-corrected chi connectivity index (χ0v) is 17.3. The van der Waals surface area contributed by atoms with E-state index < -0.39 is 5.91 Å². The van der Waals surface area contributed by atoms with Crippen molar-refractivity contribution in [2.45, 2.75) is 0 Å². The van der Waals surface area contributed by atoms with Crippen molar-refractivity contribution in [3.05, 3.63) is 83.9 Å². The van der Waals surface area contributed by atoms with Crippen LogP contribution in [0.4, 0.5) is 5.13 Å². The normalized spacial score (nSPS) is 10.6. The molecule has 0 saturated carbocycles. The minimum absolute atomic E-state index is 0.163. The van der Waals surface area contributed by atoms with Crippen LogP contribution in [0.5, 0.6) is 11.5 Å². The SMILES string of the molecule is NC(=O)c1ccc(Oc2ccc(C(=O)NCCNc3nc4ccccc4s3)cc2)cc1. The first-order valence-electron chi connectivity index (χ1n) is 9.64. The van der Waals surface area contributed by atoms with Crippen LogP contribution in [0.3, 0.4) is 0 Å². The molecule has 4 aromatic rings. The number of thiazole rings is 1. The van der Waals surface area contributed by atoms with Gasteiger partial charge in [0.1, 0.15) is 11.5 Å². The average molecular weight is 433 g/mol. The van der Waals surface area contributed by atoms with Gasteiger partial charge in [-0.05, 0) is 60.7 Å². The highest BCUT2D eigenvalue weighted by atomic mass is 32.1. The Morgan fingerprint density at radius 1 is 0.871 bits per heavy atom. The molecule has 1 heterocycles. The van der Waals surface area contributed by atoms with Crippen molar-refractivity contribution in [2.24, 2.45) is 5.73 Å². The molecule has 8 heteroatoms. The van der Waals surface area contributed by atoms with Gasteiger partial charge in [-0.2, -0.15) is 0 Å². The molecule has 0 aliphatic carbocycles. The molecule has 0 radical (unpaired) electrons. The quantitative estimate of drug-likeness (QED) is 0.365. The molecule has 156 valence electrons. The Hall–Kier alpha value is -3.91. The molecule has 0 fully saturated rings. The molecule has 31 heavy (non-hydrogen) atoms. The third kappa shape index (κ3) is 5.18. The van der Waals surface area contributed by atoms with E-state index >= 15 is 0 Å². The Kier molecular flexibility index (Phi) is 6.09. The maximum atomic E-state index is 12.3. The number of carbonyl (C=O) groups is 2.